The summed E-state index contributed by atoms with van der Waals surface area (Å²) < 4.78 is 0.807. The fraction of sp³-hybridized carbons (Fsp3) is 0.375. The molecule has 1 rings (SSSR count). The Bertz CT molecular complexity index is 301. The molecule has 5 nitrogen and oxygen atoms in total. The monoisotopic (exact) mass is 258 g/mol. The molecular weight excluding hydrogens is 248 g/mol. The molecule has 1 aromatic heterocycles. The summed E-state index contributed by atoms with van der Waals surface area (Å²) in [5.41, 5.74) is 0. The van der Waals surface area contributed by atoms with Crippen LogP contribution in [0.15, 0.2) is 16.9 Å². The van der Waals surface area contributed by atoms with Gasteiger partial charge < -0.3 is 10.6 Å². The summed E-state index contributed by atoms with van der Waals surface area (Å²) in [4.78, 5) is 19.0. The van der Waals surface area contributed by atoms with Crippen molar-refractivity contribution in [2.24, 2.45) is 0 Å². The van der Waals surface area contributed by atoms with Gasteiger partial charge in [0.05, 0.1) is 11.0 Å². The molecule has 0 fully saturated rings. The summed E-state index contributed by atoms with van der Waals surface area (Å²) in [6.07, 6.45) is 3.24. The molecule has 0 unspecified atom stereocenters. The molecule has 76 valence electrons. The third-order valence-corrected chi connectivity index (χ3v) is 1.81. The van der Waals surface area contributed by atoms with Crippen LogP contribution < -0.4 is 10.6 Å². The van der Waals surface area contributed by atoms with Crippen LogP contribution in [0.4, 0.5) is 5.95 Å². The van der Waals surface area contributed by atoms with E-state index in [2.05, 4.69) is 36.5 Å². The molecule has 0 saturated heterocycles. The first-order valence-electron chi connectivity index (χ1n) is 4.20. The quantitative estimate of drug-likeness (QED) is 0.838. The second kappa shape index (κ2) is 5.54. The van der Waals surface area contributed by atoms with Gasteiger partial charge in [-0.2, -0.15) is 0 Å². The molecule has 0 bridgehead atoms. The van der Waals surface area contributed by atoms with Crippen LogP contribution in [-0.2, 0) is 4.79 Å². The first-order chi connectivity index (χ1) is 6.72. The van der Waals surface area contributed by atoms with E-state index >= 15 is 0 Å². The molecule has 1 amide bonds. The number of carbonyl (C=O) groups is 1. The fourth-order valence-electron chi connectivity index (χ4n) is 0.823. The van der Waals surface area contributed by atoms with Gasteiger partial charge in [0.25, 0.3) is 0 Å². The minimum Gasteiger partial charge on any atom is -0.355 e. The van der Waals surface area contributed by atoms with Gasteiger partial charge in [0.2, 0.25) is 11.9 Å². The van der Waals surface area contributed by atoms with Gasteiger partial charge in [-0.25, -0.2) is 9.97 Å². The number of aromatic nitrogens is 2. The topological polar surface area (TPSA) is 66.9 Å². The zero-order valence-corrected chi connectivity index (χ0v) is 9.34. The van der Waals surface area contributed by atoms with E-state index in [1.165, 1.54) is 0 Å². The third kappa shape index (κ3) is 3.69. The molecule has 0 aliphatic heterocycles. The standard InChI is InChI=1S/C8H11BrN4O/c1-2-10-7(14)5-13-8-11-3-6(9)4-12-8/h3-4H,2,5H2,1H3,(H,10,14)(H,11,12,13). The first-order valence-corrected chi connectivity index (χ1v) is 4.99. The van der Waals surface area contributed by atoms with E-state index in [1.54, 1.807) is 12.4 Å². The van der Waals surface area contributed by atoms with Crippen molar-refractivity contribution in [2.45, 2.75) is 6.92 Å². The van der Waals surface area contributed by atoms with Crippen molar-refractivity contribution in [1.29, 1.82) is 0 Å². The zero-order chi connectivity index (χ0) is 10.4. The van der Waals surface area contributed by atoms with E-state index in [4.69, 9.17) is 0 Å². The summed E-state index contributed by atoms with van der Waals surface area (Å²) in [6, 6.07) is 0. The van der Waals surface area contributed by atoms with E-state index in [9.17, 15) is 4.79 Å². The van der Waals surface area contributed by atoms with E-state index in [1.807, 2.05) is 6.92 Å². The van der Waals surface area contributed by atoms with Crippen LogP contribution in [0.1, 0.15) is 6.92 Å². The van der Waals surface area contributed by atoms with Crippen molar-refractivity contribution in [1.82, 2.24) is 15.3 Å². The second-order valence-electron chi connectivity index (χ2n) is 2.53. The van der Waals surface area contributed by atoms with E-state index in [0.29, 0.717) is 12.5 Å². The van der Waals surface area contributed by atoms with Gasteiger partial charge in [-0.3, -0.25) is 4.79 Å². The Morgan fingerprint density at radius 3 is 2.71 bits per heavy atom. The number of nitrogens with one attached hydrogen (secondary N) is 2. The second-order valence-corrected chi connectivity index (χ2v) is 3.45. The van der Waals surface area contributed by atoms with Crippen LogP contribution in [0, 0.1) is 0 Å². The molecule has 1 aromatic rings. The number of halogens is 1. The van der Waals surface area contributed by atoms with Gasteiger partial charge in [-0.1, -0.05) is 0 Å². The largest absolute Gasteiger partial charge is 0.355 e. The zero-order valence-electron chi connectivity index (χ0n) is 7.75. The molecule has 1 heterocycles. The number of carbonyl (C=O) groups excluding carboxylic acids is 1. The minimum atomic E-state index is -0.0704. The normalized spacial score (nSPS) is 9.57. The van der Waals surface area contributed by atoms with Crippen molar-refractivity contribution >= 4 is 27.8 Å². The van der Waals surface area contributed by atoms with Gasteiger partial charge in [0.15, 0.2) is 0 Å². The predicted octanol–water partition coefficient (Wildman–Crippen LogP) is 0.787. The molecule has 0 spiro atoms. The van der Waals surface area contributed by atoms with Crippen molar-refractivity contribution < 1.29 is 4.79 Å². The van der Waals surface area contributed by atoms with Crippen LogP contribution >= 0.6 is 15.9 Å². The molecule has 14 heavy (non-hydrogen) atoms. The summed E-state index contributed by atoms with van der Waals surface area (Å²) in [7, 11) is 0. The number of likely N-dealkylation sites (N-methyl/N-ethyl adjacent to an activating group) is 1. The van der Waals surface area contributed by atoms with Crippen molar-refractivity contribution in [3.63, 3.8) is 0 Å². The molecule has 0 saturated carbocycles. The lowest BCUT2D eigenvalue weighted by Gasteiger charge is -2.03. The van der Waals surface area contributed by atoms with Gasteiger partial charge in [0.1, 0.15) is 0 Å². The van der Waals surface area contributed by atoms with Crippen LogP contribution in [0.3, 0.4) is 0 Å². The Morgan fingerprint density at radius 2 is 2.14 bits per heavy atom. The molecule has 2 N–H and O–H groups in total. The highest BCUT2D eigenvalue weighted by atomic mass is 79.9. The highest BCUT2D eigenvalue weighted by molar-refractivity contribution is 9.10. The van der Waals surface area contributed by atoms with Crippen molar-refractivity contribution in [2.75, 3.05) is 18.4 Å². The number of nitrogens with zero attached hydrogens (tertiary/aromatic N) is 2. The molecule has 0 atom stereocenters. The fourth-order valence-corrected chi connectivity index (χ4v) is 1.03. The van der Waals surface area contributed by atoms with Gasteiger partial charge in [-0.15, -0.1) is 0 Å². The number of rotatable bonds is 4. The number of amides is 1. The Labute approximate surface area is 90.5 Å². The highest BCUT2D eigenvalue weighted by Crippen LogP contribution is 2.06. The molecule has 0 aromatic carbocycles. The number of hydrogen-bond donors (Lipinski definition) is 2. The Morgan fingerprint density at radius 1 is 1.50 bits per heavy atom. The average molecular weight is 259 g/mol. The van der Waals surface area contributed by atoms with E-state index in [0.717, 1.165) is 4.47 Å². The lowest BCUT2D eigenvalue weighted by Crippen LogP contribution is -2.29. The molecule has 6 heteroatoms. The number of anilines is 1. The maximum Gasteiger partial charge on any atom is 0.239 e. The first kappa shape index (κ1) is 10.9. The number of hydrogen-bond acceptors (Lipinski definition) is 4. The van der Waals surface area contributed by atoms with Gasteiger partial charge in [-0.05, 0) is 22.9 Å². The average Bonchev–Trinajstić information content (AvgIpc) is 2.17. The van der Waals surface area contributed by atoms with Crippen molar-refractivity contribution in [3.05, 3.63) is 16.9 Å². The van der Waals surface area contributed by atoms with Crippen LogP contribution in [-0.4, -0.2) is 29.0 Å². The predicted molar refractivity (Wildman–Crippen MR) is 56.9 cm³/mol. The lowest BCUT2D eigenvalue weighted by molar-refractivity contribution is -0.119. The summed E-state index contributed by atoms with van der Waals surface area (Å²) >= 11 is 3.22. The van der Waals surface area contributed by atoms with Gasteiger partial charge >= 0.3 is 0 Å². The summed E-state index contributed by atoms with van der Waals surface area (Å²) in [6.45, 7) is 2.69. The molecular formula is C8H11BrN4O. The van der Waals surface area contributed by atoms with Gasteiger partial charge in [0, 0.05) is 18.9 Å². The molecule has 0 aliphatic rings. The van der Waals surface area contributed by atoms with E-state index < -0.39 is 0 Å². The minimum absolute atomic E-state index is 0.0704. The van der Waals surface area contributed by atoms with Crippen LogP contribution in [0.2, 0.25) is 0 Å². The third-order valence-electron chi connectivity index (χ3n) is 1.40. The summed E-state index contributed by atoms with van der Waals surface area (Å²) in [5, 5.41) is 5.46. The van der Waals surface area contributed by atoms with E-state index in [-0.39, 0.29) is 12.5 Å². The maximum absolute atomic E-state index is 11.0. The smallest absolute Gasteiger partial charge is 0.239 e. The lowest BCUT2D eigenvalue weighted by atomic mass is 10.5. The van der Waals surface area contributed by atoms with Crippen molar-refractivity contribution in [3.8, 4) is 0 Å². The Kier molecular flexibility index (Phi) is 4.31. The highest BCUT2D eigenvalue weighted by Gasteiger charge is 2.00. The SMILES string of the molecule is CCNC(=O)CNc1ncc(Br)cn1. The maximum atomic E-state index is 11.0. The Hall–Kier alpha value is -1.17. The molecule has 0 radical (unpaired) electrons. The van der Waals surface area contributed by atoms with Crippen LogP contribution in [0.5, 0.6) is 0 Å². The Balaban J connectivity index is 2.38. The van der Waals surface area contributed by atoms with Crippen LogP contribution in [0.25, 0.3) is 0 Å². The summed E-state index contributed by atoms with van der Waals surface area (Å²) in [5.74, 6) is 0.374. The molecule has 0 aliphatic carbocycles.